The lowest BCUT2D eigenvalue weighted by Gasteiger charge is -2.37. The highest BCUT2D eigenvalue weighted by Gasteiger charge is 2.28. The molecule has 1 atom stereocenters. The maximum absolute atomic E-state index is 12.6. The van der Waals surface area contributed by atoms with E-state index in [4.69, 9.17) is 5.73 Å². The van der Waals surface area contributed by atoms with Crippen molar-refractivity contribution in [1.82, 2.24) is 4.90 Å². The smallest absolute Gasteiger partial charge is 0.244 e. The minimum atomic E-state index is -0.129. The van der Waals surface area contributed by atoms with Crippen LogP contribution in [0, 0.1) is 0 Å². The van der Waals surface area contributed by atoms with Gasteiger partial charge in [-0.15, -0.1) is 0 Å². The Kier molecular flexibility index (Phi) is 4.53. The number of aryl methyl sites for hydroxylation is 1. The lowest BCUT2D eigenvalue weighted by molar-refractivity contribution is -0.131. The first-order chi connectivity index (χ1) is 9.58. The number of benzene rings is 1. The minimum Gasteiger partial charge on any atom is -0.399 e. The van der Waals surface area contributed by atoms with Crippen LogP contribution in [0.15, 0.2) is 18.2 Å². The van der Waals surface area contributed by atoms with Crippen molar-refractivity contribution >= 4 is 17.3 Å². The Bertz CT molecular complexity index is 483. The maximum Gasteiger partial charge on any atom is 0.244 e. The van der Waals surface area contributed by atoms with Crippen LogP contribution in [0.3, 0.4) is 0 Å². The second-order valence-electron chi connectivity index (χ2n) is 5.37. The van der Waals surface area contributed by atoms with Crippen LogP contribution in [0.2, 0.25) is 0 Å². The highest BCUT2D eigenvalue weighted by molar-refractivity contribution is 5.85. The molecule has 1 aliphatic heterocycles. The quantitative estimate of drug-likeness (QED) is 0.858. The molecule has 2 rings (SSSR count). The van der Waals surface area contributed by atoms with Crippen LogP contribution in [-0.4, -0.2) is 36.5 Å². The Morgan fingerprint density at radius 3 is 2.75 bits per heavy atom. The number of hydrogen-bond acceptors (Lipinski definition) is 3. The summed E-state index contributed by atoms with van der Waals surface area (Å²) in [4.78, 5) is 16.7. The third-order valence-corrected chi connectivity index (χ3v) is 4.16. The molecule has 0 saturated carbocycles. The molecule has 110 valence electrons. The lowest BCUT2D eigenvalue weighted by Crippen LogP contribution is -2.48. The van der Waals surface area contributed by atoms with Gasteiger partial charge in [0.25, 0.3) is 0 Å². The van der Waals surface area contributed by atoms with E-state index in [1.165, 1.54) is 5.56 Å². The summed E-state index contributed by atoms with van der Waals surface area (Å²) in [6.45, 7) is 8.49. The van der Waals surface area contributed by atoms with Crippen LogP contribution in [-0.2, 0) is 11.2 Å². The molecule has 4 nitrogen and oxygen atoms in total. The van der Waals surface area contributed by atoms with Gasteiger partial charge in [0.15, 0.2) is 0 Å². The van der Waals surface area contributed by atoms with E-state index in [1.54, 1.807) is 0 Å². The summed E-state index contributed by atoms with van der Waals surface area (Å²) in [6.07, 6.45) is 2.16. The fourth-order valence-electron chi connectivity index (χ4n) is 2.96. The van der Waals surface area contributed by atoms with Gasteiger partial charge in [-0.25, -0.2) is 0 Å². The highest BCUT2D eigenvalue weighted by Crippen LogP contribution is 2.30. The third-order valence-electron chi connectivity index (χ3n) is 4.16. The first-order valence-electron chi connectivity index (χ1n) is 7.52. The van der Waals surface area contributed by atoms with Gasteiger partial charge in [0.1, 0.15) is 6.04 Å². The van der Waals surface area contributed by atoms with Gasteiger partial charge in [-0.2, -0.15) is 0 Å². The zero-order valence-corrected chi connectivity index (χ0v) is 12.7. The average molecular weight is 275 g/mol. The number of likely N-dealkylation sites (N-methyl/N-ethyl adjacent to an activating group) is 1. The number of carbonyl (C=O) groups is 1. The number of nitrogen functional groups attached to an aromatic ring is 1. The van der Waals surface area contributed by atoms with Crippen LogP contribution < -0.4 is 10.6 Å². The number of nitrogens with two attached hydrogens (primary N) is 1. The summed E-state index contributed by atoms with van der Waals surface area (Å²) in [5.41, 5.74) is 9.10. The number of fused-ring (bicyclic) bond motifs is 1. The molecule has 0 aromatic heterocycles. The zero-order valence-electron chi connectivity index (χ0n) is 12.7. The van der Waals surface area contributed by atoms with E-state index < -0.39 is 0 Å². The molecule has 20 heavy (non-hydrogen) atoms. The lowest BCUT2D eigenvalue weighted by atomic mass is 9.99. The largest absolute Gasteiger partial charge is 0.399 e. The van der Waals surface area contributed by atoms with Gasteiger partial charge >= 0.3 is 0 Å². The molecule has 0 saturated heterocycles. The number of nitrogens with zero attached hydrogens (tertiary/aromatic N) is 2. The standard InChI is InChI=1S/C16H25N3O/c1-4-18(5-2)16(20)12(3)19-10-6-7-13-8-9-14(17)11-15(13)19/h8-9,11-12H,4-7,10,17H2,1-3H3. The van der Waals surface area contributed by atoms with Gasteiger partial charge < -0.3 is 15.5 Å². The van der Waals surface area contributed by atoms with Crippen molar-refractivity contribution in [1.29, 1.82) is 0 Å². The summed E-state index contributed by atoms with van der Waals surface area (Å²) in [7, 11) is 0. The van der Waals surface area contributed by atoms with E-state index in [0.29, 0.717) is 0 Å². The molecule has 0 aliphatic carbocycles. The van der Waals surface area contributed by atoms with Crippen molar-refractivity contribution in [2.24, 2.45) is 0 Å². The Labute approximate surface area is 121 Å². The summed E-state index contributed by atoms with van der Waals surface area (Å²) < 4.78 is 0. The van der Waals surface area contributed by atoms with E-state index in [0.717, 1.165) is 43.9 Å². The van der Waals surface area contributed by atoms with Crippen LogP contribution in [0.4, 0.5) is 11.4 Å². The summed E-state index contributed by atoms with van der Waals surface area (Å²) in [5.74, 6) is 0.199. The van der Waals surface area contributed by atoms with Crippen molar-refractivity contribution in [2.45, 2.75) is 39.7 Å². The van der Waals surface area contributed by atoms with Gasteiger partial charge in [-0.1, -0.05) is 6.07 Å². The van der Waals surface area contributed by atoms with Gasteiger partial charge in [-0.05, 0) is 51.3 Å². The molecule has 1 aromatic rings. The van der Waals surface area contributed by atoms with Crippen molar-refractivity contribution in [2.75, 3.05) is 30.3 Å². The molecule has 1 unspecified atom stereocenters. The molecular weight excluding hydrogens is 250 g/mol. The Morgan fingerprint density at radius 2 is 2.10 bits per heavy atom. The summed E-state index contributed by atoms with van der Waals surface area (Å²) in [6, 6.07) is 5.90. The average Bonchev–Trinajstić information content (AvgIpc) is 2.47. The number of amides is 1. The Balaban J connectivity index is 2.26. The predicted octanol–water partition coefficient (Wildman–Crippen LogP) is 2.28. The molecule has 0 fully saturated rings. The molecule has 1 amide bonds. The fraction of sp³-hybridized carbons (Fsp3) is 0.562. The highest BCUT2D eigenvalue weighted by atomic mass is 16.2. The van der Waals surface area contributed by atoms with E-state index in [-0.39, 0.29) is 11.9 Å². The molecule has 1 aliphatic rings. The third kappa shape index (κ3) is 2.74. The number of rotatable bonds is 4. The molecule has 4 heteroatoms. The molecule has 2 N–H and O–H groups in total. The maximum atomic E-state index is 12.6. The van der Waals surface area contributed by atoms with Crippen molar-refractivity contribution in [3.63, 3.8) is 0 Å². The normalized spacial score (nSPS) is 15.7. The van der Waals surface area contributed by atoms with E-state index in [1.807, 2.05) is 37.8 Å². The van der Waals surface area contributed by atoms with Gasteiger partial charge in [0.2, 0.25) is 5.91 Å². The molecule has 0 bridgehead atoms. The fourth-order valence-corrected chi connectivity index (χ4v) is 2.96. The monoisotopic (exact) mass is 275 g/mol. The van der Waals surface area contributed by atoms with Crippen LogP contribution in [0.25, 0.3) is 0 Å². The molecule has 0 spiro atoms. The van der Waals surface area contributed by atoms with Gasteiger partial charge in [0.05, 0.1) is 0 Å². The molecule has 1 aromatic carbocycles. The summed E-state index contributed by atoms with van der Waals surface area (Å²) in [5, 5.41) is 0. The minimum absolute atomic E-state index is 0.129. The van der Waals surface area contributed by atoms with Gasteiger partial charge in [-0.3, -0.25) is 4.79 Å². The first-order valence-corrected chi connectivity index (χ1v) is 7.52. The van der Waals surface area contributed by atoms with E-state index >= 15 is 0 Å². The molecule has 0 radical (unpaired) electrons. The summed E-state index contributed by atoms with van der Waals surface area (Å²) >= 11 is 0. The topological polar surface area (TPSA) is 49.6 Å². The van der Waals surface area contributed by atoms with E-state index in [9.17, 15) is 4.79 Å². The number of carbonyl (C=O) groups excluding carboxylic acids is 1. The van der Waals surface area contributed by atoms with Crippen molar-refractivity contribution in [3.05, 3.63) is 23.8 Å². The number of hydrogen-bond donors (Lipinski definition) is 1. The second kappa shape index (κ2) is 6.16. The van der Waals surface area contributed by atoms with Crippen LogP contribution in [0.5, 0.6) is 0 Å². The number of anilines is 2. The molecule has 1 heterocycles. The van der Waals surface area contributed by atoms with Crippen molar-refractivity contribution in [3.8, 4) is 0 Å². The van der Waals surface area contributed by atoms with E-state index in [2.05, 4.69) is 11.0 Å². The molecular formula is C16H25N3O. The second-order valence-corrected chi connectivity index (χ2v) is 5.37. The van der Waals surface area contributed by atoms with Crippen molar-refractivity contribution < 1.29 is 4.79 Å². The first kappa shape index (κ1) is 14.7. The van der Waals surface area contributed by atoms with Crippen LogP contribution in [0.1, 0.15) is 32.8 Å². The zero-order chi connectivity index (χ0) is 14.7. The van der Waals surface area contributed by atoms with Crippen LogP contribution >= 0.6 is 0 Å². The predicted molar refractivity (Wildman–Crippen MR) is 83.9 cm³/mol. The SMILES string of the molecule is CCN(CC)C(=O)C(C)N1CCCc2ccc(N)cc21. The Morgan fingerprint density at radius 1 is 1.40 bits per heavy atom. The van der Waals surface area contributed by atoms with Gasteiger partial charge in [0, 0.05) is 31.0 Å². The Hall–Kier alpha value is -1.71.